The molecule has 0 heterocycles. The van der Waals surface area contributed by atoms with Gasteiger partial charge in [0.1, 0.15) is 5.75 Å². The van der Waals surface area contributed by atoms with Crippen LogP contribution in [0.15, 0.2) is 10.5 Å². The van der Waals surface area contributed by atoms with E-state index >= 15 is 0 Å². The summed E-state index contributed by atoms with van der Waals surface area (Å²) in [4.78, 5) is 11.1. The summed E-state index contributed by atoms with van der Waals surface area (Å²) in [6.07, 6.45) is 0. The molecular weight excluding hydrogens is 246 g/mol. The number of carbonyl (C=O) groups excluding carboxylic acids is 1. The molecule has 1 aromatic carbocycles. The second kappa shape index (κ2) is 4.00. The summed E-state index contributed by atoms with van der Waals surface area (Å²) in [6.45, 7) is 3.75. The third kappa shape index (κ3) is 1.75. The number of benzene rings is 1. The van der Waals surface area contributed by atoms with Crippen molar-refractivity contribution in [2.45, 2.75) is 13.8 Å². The fourth-order valence-electron chi connectivity index (χ4n) is 1.36. The van der Waals surface area contributed by atoms with Gasteiger partial charge >= 0.3 is 0 Å². The number of amides is 1. The number of hydrogen-bond donors (Lipinski definition) is 1. The Balaban J connectivity index is 3.47. The van der Waals surface area contributed by atoms with Gasteiger partial charge in [0.15, 0.2) is 0 Å². The topological polar surface area (TPSA) is 52.3 Å². The highest BCUT2D eigenvalue weighted by Gasteiger charge is 2.14. The van der Waals surface area contributed by atoms with Crippen LogP contribution in [0.25, 0.3) is 0 Å². The second-order valence-electron chi connectivity index (χ2n) is 3.05. The van der Waals surface area contributed by atoms with E-state index in [1.54, 1.807) is 13.2 Å². The van der Waals surface area contributed by atoms with Gasteiger partial charge in [0.05, 0.1) is 11.6 Å². The van der Waals surface area contributed by atoms with Gasteiger partial charge in [0.25, 0.3) is 0 Å². The molecule has 1 aromatic rings. The highest BCUT2D eigenvalue weighted by molar-refractivity contribution is 9.10. The van der Waals surface area contributed by atoms with Gasteiger partial charge in [0.2, 0.25) is 5.91 Å². The average molecular weight is 258 g/mol. The van der Waals surface area contributed by atoms with E-state index in [1.807, 2.05) is 13.8 Å². The number of methoxy groups -OCH3 is 1. The van der Waals surface area contributed by atoms with Crippen LogP contribution in [0.2, 0.25) is 0 Å². The van der Waals surface area contributed by atoms with E-state index in [1.165, 1.54) is 0 Å². The van der Waals surface area contributed by atoms with Crippen LogP contribution in [0.4, 0.5) is 0 Å². The Morgan fingerprint density at radius 3 is 2.43 bits per heavy atom. The zero-order valence-electron chi connectivity index (χ0n) is 8.35. The lowest BCUT2D eigenvalue weighted by Crippen LogP contribution is -2.13. The van der Waals surface area contributed by atoms with E-state index in [0.717, 1.165) is 21.3 Å². The molecule has 0 aliphatic carbocycles. The molecule has 3 nitrogen and oxygen atoms in total. The molecule has 0 saturated heterocycles. The Labute approximate surface area is 91.4 Å². The van der Waals surface area contributed by atoms with Crippen LogP contribution in [0.3, 0.4) is 0 Å². The minimum atomic E-state index is -0.422. The lowest BCUT2D eigenvalue weighted by molar-refractivity contribution is 0.0999. The van der Waals surface area contributed by atoms with E-state index < -0.39 is 5.91 Å². The van der Waals surface area contributed by atoms with Gasteiger partial charge in [-0.3, -0.25) is 4.79 Å². The zero-order chi connectivity index (χ0) is 10.9. The van der Waals surface area contributed by atoms with Crippen LogP contribution in [-0.2, 0) is 0 Å². The number of ether oxygens (including phenoxy) is 1. The molecule has 0 aliphatic heterocycles. The molecule has 0 atom stereocenters. The Hall–Kier alpha value is -1.03. The summed E-state index contributed by atoms with van der Waals surface area (Å²) >= 11 is 3.33. The van der Waals surface area contributed by atoms with Gasteiger partial charge in [-0.25, -0.2) is 0 Å². The molecule has 14 heavy (non-hydrogen) atoms. The van der Waals surface area contributed by atoms with Crippen molar-refractivity contribution >= 4 is 21.8 Å². The summed E-state index contributed by atoms with van der Waals surface area (Å²) < 4.78 is 5.94. The summed E-state index contributed by atoms with van der Waals surface area (Å²) in [5.41, 5.74) is 7.55. The number of hydrogen-bond acceptors (Lipinski definition) is 2. The first-order valence-electron chi connectivity index (χ1n) is 4.12. The monoisotopic (exact) mass is 257 g/mol. The van der Waals surface area contributed by atoms with Crippen molar-refractivity contribution in [3.63, 3.8) is 0 Å². The number of rotatable bonds is 2. The Bertz CT molecular complexity index is 388. The quantitative estimate of drug-likeness (QED) is 0.883. The first-order chi connectivity index (χ1) is 6.49. The molecule has 0 saturated carbocycles. The molecule has 2 N–H and O–H groups in total. The molecule has 0 fully saturated rings. The summed E-state index contributed by atoms with van der Waals surface area (Å²) in [7, 11) is 1.59. The molecular formula is C10H12BrNO2. The third-order valence-electron chi connectivity index (χ3n) is 2.26. The van der Waals surface area contributed by atoms with Crippen LogP contribution in [-0.4, -0.2) is 13.0 Å². The summed E-state index contributed by atoms with van der Waals surface area (Å²) in [5.74, 6) is 0.321. The van der Waals surface area contributed by atoms with Crippen LogP contribution >= 0.6 is 15.9 Å². The van der Waals surface area contributed by atoms with Crippen molar-refractivity contribution in [3.05, 3.63) is 27.2 Å². The van der Waals surface area contributed by atoms with Gasteiger partial charge in [0, 0.05) is 5.56 Å². The lowest BCUT2D eigenvalue weighted by atomic mass is 10.0. The minimum Gasteiger partial charge on any atom is -0.495 e. The maximum absolute atomic E-state index is 11.1. The molecule has 0 aliphatic rings. The normalized spacial score (nSPS) is 10.0. The van der Waals surface area contributed by atoms with Crippen molar-refractivity contribution in [2.75, 3.05) is 7.11 Å². The SMILES string of the molecule is COc1c(Br)cc(C(N)=O)c(C)c1C. The van der Waals surface area contributed by atoms with Crippen molar-refractivity contribution in [1.82, 2.24) is 0 Å². The van der Waals surface area contributed by atoms with Crippen LogP contribution in [0.5, 0.6) is 5.75 Å². The van der Waals surface area contributed by atoms with Gasteiger partial charge in [-0.2, -0.15) is 0 Å². The van der Waals surface area contributed by atoms with E-state index in [9.17, 15) is 4.79 Å². The first-order valence-corrected chi connectivity index (χ1v) is 4.91. The number of halogens is 1. The first kappa shape index (κ1) is 11.0. The van der Waals surface area contributed by atoms with E-state index in [2.05, 4.69) is 15.9 Å². The third-order valence-corrected chi connectivity index (χ3v) is 2.85. The fraction of sp³-hybridized carbons (Fsp3) is 0.300. The maximum atomic E-state index is 11.1. The molecule has 0 spiro atoms. The van der Waals surface area contributed by atoms with Crippen molar-refractivity contribution in [3.8, 4) is 5.75 Å². The Morgan fingerprint density at radius 2 is 2.00 bits per heavy atom. The maximum Gasteiger partial charge on any atom is 0.249 e. The van der Waals surface area contributed by atoms with Gasteiger partial charge in [-0.1, -0.05) is 0 Å². The molecule has 0 unspecified atom stereocenters. The van der Waals surface area contributed by atoms with Crippen molar-refractivity contribution < 1.29 is 9.53 Å². The molecule has 76 valence electrons. The smallest absolute Gasteiger partial charge is 0.249 e. The lowest BCUT2D eigenvalue weighted by Gasteiger charge is -2.12. The molecule has 1 rings (SSSR count). The van der Waals surface area contributed by atoms with Gasteiger partial charge in [-0.05, 0) is 47.0 Å². The molecule has 0 aromatic heterocycles. The fourth-order valence-corrected chi connectivity index (χ4v) is 2.05. The van der Waals surface area contributed by atoms with E-state index in [4.69, 9.17) is 10.5 Å². The number of carbonyl (C=O) groups is 1. The van der Waals surface area contributed by atoms with Crippen LogP contribution in [0, 0.1) is 13.8 Å². The van der Waals surface area contributed by atoms with Gasteiger partial charge in [-0.15, -0.1) is 0 Å². The number of nitrogens with two attached hydrogens (primary N) is 1. The standard InChI is InChI=1S/C10H12BrNO2/c1-5-6(2)9(14-3)8(11)4-7(5)10(12)13/h4H,1-3H3,(H2,12,13). The molecule has 4 heteroatoms. The second-order valence-corrected chi connectivity index (χ2v) is 3.91. The molecule has 1 amide bonds. The van der Waals surface area contributed by atoms with Crippen LogP contribution in [0.1, 0.15) is 21.5 Å². The zero-order valence-corrected chi connectivity index (χ0v) is 9.94. The van der Waals surface area contributed by atoms with E-state index in [0.29, 0.717) is 5.56 Å². The Morgan fingerprint density at radius 1 is 1.43 bits per heavy atom. The summed E-state index contributed by atoms with van der Waals surface area (Å²) in [5, 5.41) is 0. The highest BCUT2D eigenvalue weighted by Crippen LogP contribution is 2.32. The molecule has 0 radical (unpaired) electrons. The van der Waals surface area contributed by atoms with Crippen LogP contribution < -0.4 is 10.5 Å². The Kier molecular flexibility index (Phi) is 3.16. The van der Waals surface area contributed by atoms with E-state index in [-0.39, 0.29) is 0 Å². The number of primary amides is 1. The van der Waals surface area contributed by atoms with Crippen molar-refractivity contribution in [2.24, 2.45) is 5.73 Å². The van der Waals surface area contributed by atoms with Crippen molar-refractivity contribution in [1.29, 1.82) is 0 Å². The highest BCUT2D eigenvalue weighted by atomic mass is 79.9. The minimum absolute atomic E-state index is 0.422. The summed E-state index contributed by atoms with van der Waals surface area (Å²) in [6, 6.07) is 1.68. The predicted octanol–water partition coefficient (Wildman–Crippen LogP) is 2.17. The van der Waals surface area contributed by atoms with Gasteiger partial charge < -0.3 is 10.5 Å². The average Bonchev–Trinajstić information content (AvgIpc) is 2.12. The largest absolute Gasteiger partial charge is 0.495 e. The molecule has 0 bridgehead atoms. The predicted molar refractivity (Wildman–Crippen MR) is 58.7 cm³/mol.